The van der Waals surface area contributed by atoms with Gasteiger partial charge in [0.05, 0.1) is 17.4 Å². The second-order valence-corrected chi connectivity index (χ2v) is 6.87. The van der Waals surface area contributed by atoms with Gasteiger partial charge in [0.2, 0.25) is 0 Å². The van der Waals surface area contributed by atoms with Crippen LogP contribution in [0.5, 0.6) is 0 Å². The molecule has 0 aliphatic carbocycles. The second-order valence-electron chi connectivity index (χ2n) is 6.51. The Bertz CT molecular complexity index is 1150. The van der Waals surface area contributed by atoms with Crippen molar-refractivity contribution in [2.45, 2.75) is 12.8 Å². The van der Waals surface area contributed by atoms with Crippen LogP contribution in [0.25, 0.3) is 22.3 Å². The van der Waals surface area contributed by atoms with Crippen molar-refractivity contribution in [1.29, 1.82) is 0 Å². The molecule has 0 radical (unpaired) electrons. The fourth-order valence-corrected chi connectivity index (χ4v) is 3.21. The van der Waals surface area contributed by atoms with E-state index in [1.807, 2.05) is 0 Å². The number of imidazole rings is 1. The summed E-state index contributed by atoms with van der Waals surface area (Å²) in [6, 6.07) is 10.9. The molecule has 0 atom stereocenters. The van der Waals surface area contributed by atoms with Crippen LogP contribution >= 0.6 is 11.6 Å². The van der Waals surface area contributed by atoms with Gasteiger partial charge in [-0.25, -0.2) is 19.3 Å². The van der Waals surface area contributed by atoms with Crippen LogP contribution in [0.15, 0.2) is 55.0 Å². The fourth-order valence-electron chi connectivity index (χ4n) is 2.97. The fraction of sp³-hybridized carbons (Fsp3) is 0.143. The smallest absolute Gasteiger partial charge is 0.251 e. The van der Waals surface area contributed by atoms with Gasteiger partial charge in [-0.2, -0.15) is 0 Å². The van der Waals surface area contributed by atoms with Crippen LogP contribution in [-0.4, -0.2) is 32.4 Å². The standard InChI is InChI=1S/C21H17ClFN5O/c22-20-19(13-3-6-15(23)7-4-13)27-18-10-14(5-8-17(18)28-20)21(29)25-9-1-2-16-11-24-12-26-16/h3-8,10-12H,1-2,9H2,(H,24,26)(H,25,29). The minimum Gasteiger partial charge on any atom is -0.352 e. The van der Waals surface area contributed by atoms with E-state index < -0.39 is 0 Å². The molecule has 2 N–H and O–H groups in total. The van der Waals surface area contributed by atoms with E-state index in [4.69, 9.17) is 11.6 Å². The summed E-state index contributed by atoms with van der Waals surface area (Å²) in [4.78, 5) is 28.3. The zero-order valence-electron chi connectivity index (χ0n) is 15.3. The van der Waals surface area contributed by atoms with E-state index in [1.54, 1.807) is 42.9 Å². The van der Waals surface area contributed by atoms with Crippen molar-refractivity contribution in [2.75, 3.05) is 6.54 Å². The van der Waals surface area contributed by atoms with E-state index in [0.717, 1.165) is 18.5 Å². The predicted molar refractivity (Wildman–Crippen MR) is 109 cm³/mol. The Hall–Kier alpha value is -3.32. The number of halogens is 2. The van der Waals surface area contributed by atoms with Gasteiger partial charge in [-0.05, 0) is 55.3 Å². The number of aryl methyl sites for hydroxylation is 1. The van der Waals surface area contributed by atoms with E-state index in [-0.39, 0.29) is 16.9 Å². The van der Waals surface area contributed by atoms with Gasteiger partial charge in [0, 0.05) is 29.6 Å². The van der Waals surface area contributed by atoms with Gasteiger partial charge >= 0.3 is 0 Å². The Balaban J connectivity index is 1.50. The van der Waals surface area contributed by atoms with Crippen molar-refractivity contribution in [3.8, 4) is 11.3 Å². The first-order valence-electron chi connectivity index (χ1n) is 9.09. The summed E-state index contributed by atoms with van der Waals surface area (Å²) in [5.74, 6) is -0.526. The van der Waals surface area contributed by atoms with Gasteiger partial charge in [-0.1, -0.05) is 11.6 Å². The first-order chi connectivity index (χ1) is 14.1. The van der Waals surface area contributed by atoms with E-state index in [0.29, 0.717) is 34.4 Å². The number of aromatic nitrogens is 4. The lowest BCUT2D eigenvalue weighted by molar-refractivity contribution is 0.0953. The zero-order valence-corrected chi connectivity index (χ0v) is 16.1. The highest BCUT2D eigenvalue weighted by Gasteiger charge is 2.12. The Morgan fingerprint density at radius 2 is 1.93 bits per heavy atom. The Morgan fingerprint density at radius 1 is 1.10 bits per heavy atom. The molecule has 0 aliphatic rings. The molecule has 2 heterocycles. The van der Waals surface area contributed by atoms with E-state index in [9.17, 15) is 9.18 Å². The molecule has 0 bridgehead atoms. The van der Waals surface area contributed by atoms with Crippen LogP contribution in [-0.2, 0) is 6.42 Å². The van der Waals surface area contributed by atoms with Crippen LogP contribution in [0.4, 0.5) is 4.39 Å². The average Bonchev–Trinajstić information content (AvgIpc) is 3.24. The minimum absolute atomic E-state index is 0.184. The summed E-state index contributed by atoms with van der Waals surface area (Å²) < 4.78 is 13.2. The van der Waals surface area contributed by atoms with Crippen molar-refractivity contribution >= 4 is 28.5 Å². The summed E-state index contributed by atoms with van der Waals surface area (Å²) in [5.41, 5.74) is 3.73. The van der Waals surface area contributed by atoms with E-state index >= 15 is 0 Å². The van der Waals surface area contributed by atoms with Crippen LogP contribution in [0.2, 0.25) is 5.15 Å². The normalized spacial score (nSPS) is 11.0. The average molecular weight is 410 g/mol. The summed E-state index contributed by atoms with van der Waals surface area (Å²) in [5, 5.41) is 3.12. The summed E-state index contributed by atoms with van der Waals surface area (Å²) in [6.07, 6.45) is 5.01. The van der Waals surface area contributed by atoms with Crippen molar-refractivity contribution in [2.24, 2.45) is 0 Å². The number of nitrogens with one attached hydrogen (secondary N) is 2. The SMILES string of the molecule is O=C(NCCCc1cnc[nH]1)c1ccc2nc(Cl)c(-c3ccc(F)cc3)nc2c1. The molecule has 29 heavy (non-hydrogen) atoms. The molecule has 0 unspecified atom stereocenters. The summed E-state index contributed by atoms with van der Waals surface area (Å²) in [7, 11) is 0. The zero-order chi connectivity index (χ0) is 20.2. The Kier molecular flexibility index (Phi) is 5.48. The number of fused-ring (bicyclic) bond motifs is 1. The molecule has 8 heteroatoms. The summed E-state index contributed by atoms with van der Waals surface area (Å²) >= 11 is 6.25. The number of hydrogen-bond donors (Lipinski definition) is 2. The maximum atomic E-state index is 13.2. The van der Waals surface area contributed by atoms with Crippen molar-refractivity contribution in [3.63, 3.8) is 0 Å². The molecule has 2 aromatic carbocycles. The number of benzene rings is 2. The van der Waals surface area contributed by atoms with Gasteiger partial charge < -0.3 is 10.3 Å². The predicted octanol–water partition coefficient (Wildman–Crippen LogP) is 4.18. The van der Waals surface area contributed by atoms with Gasteiger partial charge in [-0.3, -0.25) is 4.79 Å². The molecule has 0 saturated carbocycles. The molecule has 1 amide bonds. The van der Waals surface area contributed by atoms with Crippen LogP contribution < -0.4 is 5.32 Å². The van der Waals surface area contributed by atoms with Gasteiger partial charge in [0.1, 0.15) is 11.5 Å². The molecule has 0 saturated heterocycles. The third-order valence-corrected chi connectivity index (χ3v) is 4.73. The Morgan fingerprint density at radius 3 is 2.69 bits per heavy atom. The molecule has 146 valence electrons. The van der Waals surface area contributed by atoms with Gasteiger partial charge in [0.15, 0.2) is 5.15 Å². The number of H-pyrrole nitrogens is 1. The molecule has 0 spiro atoms. The van der Waals surface area contributed by atoms with Gasteiger partial charge in [-0.15, -0.1) is 0 Å². The minimum atomic E-state index is -0.342. The second kappa shape index (κ2) is 8.36. The molecular formula is C21H17ClFN5O. The van der Waals surface area contributed by atoms with Crippen molar-refractivity contribution in [1.82, 2.24) is 25.3 Å². The van der Waals surface area contributed by atoms with Crippen molar-refractivity contribution in [3.05, 3.63) is 77.2 Å². The number of amides is 1. The van der Waals surface area contributed by atoms with Crippen molar-refractivity contribution < 1.29 is 9.18 Å². The molecule has 4 aromatic rings. The number of nitrogens with zero attached hydrogens (tertiary/aromatic N) is 3. The largest absolute Gasteiger partial charge is 0.352 e. The lowest BCUT2D eigenvalue weighted by atomic mass is 10.1. The monoisotopic (exact) mass is 409 g/mol. The molecule has 6 nitrogen and oxygen atoms in total. The van der Waals surface area contributed by atoms with Crippen LogP contribution in [0.1, 0.15) is 22.5 Å². The highest BCUT2D eigenvalue weighted by Crippen LogP contribution is 2.27. The number of rotatable bonds is 6. The summed E-state index contributed by atoms with van der Waals surface area (Å²) in [6.45, 7) is 0.545. The third-order valence-electron chi connectivity index (χ3n) is 4.46. The van der Waals surface area contributed by atoms with Gasteiger partial charge in [0.25, 0.3) is 5.91 Å². The molecule has 0 aliphatic heterocycles. The first-order valence-corrected chi connectivity index (χ1v) is 9.46. The maximum absolute atomic E-state index is 13.2. The number of carbonyl (C=O) groups excluding carboxylic acids is 1. The maximum Gasteiger partial charge on any atom is 0.251 e. The van der Waals surface area contributed by atoms with E-state index in [2.05, 4.69) is 25.3 Å². The third kappa shape index (κ3) is 4.41. The highest BCUT2D eigenvalue weighted by molar-refractivity contribution is 6.32. The quantitative estimate of drug-likeness (QED) is 0.468. The molecular weight excluding hydrogens is 393 g/mol. The molecule has 2 aromatic heterocycles. The van der Waals surface area contributed by atoms with Crippen LogP contribution in [0.3, 0.4) is 0 Å². The van der Waals surface area contributed by atoms with Crippen LogP contribution in [0, 0.1) is 5.82 Å². The Labute approximate surface area is 171 Å². The first kappa shape index (κ1) is 19.0. The lowest BCUT2D eigenvalue weighted by Gasteiger charge is -2.08. The van der Waals surface area contributed by atoms with E-state index in [1.165, 1.54) is 12.1 Å². The topological polar surface area (TPSA) is 83.6 Å². The highest BCUT2D eigenvalue weighted by atomic mass is 35.5. The lowest BCUT2D eigenvalue weighted by Crippen LogP contribution is -2.24. The number of hydrogen-bond acceptors (Lipinski definition) is 4. The number of carbonyl (C=O) groups is 1. The molecule has 0 fully saturated rings. The molecule has 4 rings (SSSR count). The number of aromatic amines is 1.